The average molecular weight is 1780 g/mol. The first kappa shape index (κ1) is 77.9. The lowest BCUT2D eigenvalue weighted by Gasteiger charge is -2.32. The number of benzene rings is 20. The highest BCUT2D eigenvalue weighted by molar-refractivity contribution is 7.99. The van der Waals surface area contributed by atoms with Crippen molar-refractivity contribution >= 4 is 213 Å². The predicted molar refractivity (Wildman–Crippen MR) is 566 cm³/mol. The van der Waals surface area contributed by atoms with Crippen LogP contribution in [0.15, 0.2) is 463 Å². The Morgan fingerprint density at radius 1 is 0.222 bits per heavy atom. The van der Waals surface area contributed by atoms with Gasteiger partial charge < -0.3 is 23.7 Å². The normalized spacial score (nSPS) is 12.5. The van der Waals surface area contributed by atoms with Crippen molar-refractivity contribution in [2.75, 3.05) is 14.7 Å². The van der Waals surface area contributed by atoms with Gasteiger partial charge in [0.05, 0.1) is 67.6 Å². The molecule has 6 aromatic heterocycles. The number of thiophene rings is 2. The Morgan fingerprint density at radius 3 is 1.08 bits per heavy atom. The quantitative estimate of drug-likeness (QED) is 0.147. The van der Waals surface area contributed by atoms with Gasteiger partial charge in [0.2, 0.25) is 0 Å². The van der Waals surface area contributed by atoms with Crippen LogP contribution >= 0.6 is 34.4 Å². The van der Waals surface area contributed by atoms with Crippen molar-refractivity contribution in [1.82, 2.24) is 15.0 Å². The van der Waals surface area contributed by atoms with Crippen molar-refractivity contribution in [3.63, 3.8) is 0 Å². The fourth-order valence-corrected chi connectivity index (χ4v) is 23.7. The smallest absolute Gasteiger partial charge is 0.151 e. The van der Waals surface area contributed by atoms with Gasteiger partial charge in [-0.25, -0.2) is 15.0 Å². The largest absolute Gasteiger partial charge is 0.456 e. The number of aromatic nitrogens is 3. The van der Waals surface area contributed by atoms with E-state index in [2.05, 4.69) is 415 Å². The number of ether oxygens (including phenoxy) is 2. The van der Waals surface area contributed by atoms with E-state index in [1.807, 2.05) is 83.0 Å². The molecule has 0 unspecified atom stereocenters. The molecule has 632 valence electrons. The maximum absolute atomic E-state index is 6.45. The highest BCUT2D eigenvalue weighted by atomic mass is 32.2. The van der Waals surface area contributed by atoms with Crippen molar-refractivity contribution in [2.45, 2.75) is 9.79 Å². The lowest BCUT2D eigenvalue weighted by molar-refractivity contribution is 0.476. The topological polar surface area (TPSA) is 80.0 Å². The summed E-state index contributed by atoms with van der Waals surface area (Å²) in [5.41, 5.74) is 23.1. The van der Waals surface area contributed by atoms with E-state index < -0.39 is 0 Å². The molecule has 0 saturated carbocycles. The summed E-state index contributed by atoms with van der Waals surface area (Å²) >= 11 is 5.53. The Kier molecular flexibility index (Phi) is 18.4. The summed E-state index contributed by atoms with van der Waals surface area (Å²) < 4.78 is 24.2. The van der Waals surface area contributed by atoms with Gasteiger partial charge in [0.25, 0.3) is 0 Å². The van der Waals surface area contributed by atoms with E-state index in [0.717, 1.165) is 152 Å². The molecule has 135 heavy (non-hydrogen) atoms. The average Bonchev–Trinajstić information content (AvgIpc) is 1.62. The van der Waals surface area contributed by atoms with Crippen LogP contribution in [0.5, 0.6) is 23.0 Å². The third-order valence-electron chi connectivity index (χ3n) is 26.5. The first-order chi connectivity index (χ1) is 66.9. The van der Waals surface area contributed by atoms with Crippen LogP contribution in [0.1, 0.15) is 0 Å². The molecular weight excluding hydrogens is 1710 g/mol. The van der Waals surface area contributed by atoms with Crippen LogP contribution in [-0.2, 0) is 0 Å². The summed E-state index contributed by atoms with van der Waals surface area (Å²) in [4.78, 5) is 25.7. The predicted octanol–water partition coefficient (Wildman–Crippen LogP) is 36.2. The van der Waals surface area contributed by atoms with E-state index >= 15 is 0 Å². The number of anilines is 9. The van der Waals surface area contributed by atoms with Crippen LogP contribution in [0.25, 0.3) is 183 Å². The highest BCUT2D eigenvalue weighted by Gasteiger charge is 2.32. The van der Waals surface area contributed by atoms with Gasteiger partial charge in [-0.3, -0.25) is 4.90 Å². The van der Waals surface area contributed by atoms with Crippen LogP contribution in [0.3, 0.4) is 0 Å². The third kappa shape index (κ3) is 13.1. The second-order valence-corrected chi connectivity index (χ2v) is 37.5. The molecule has 0 saturated heterocycles. The molecule has 0 amide bonds. The first-order valence-corrected chi connectivity index (χ1v) is 47.8. The summed E-state index contributed by atoms with van der Waals surface area (Å²) in [7, 11) is 0. The summed E-state index contributed by atoms with van der Waals surface area (Å²) in [6.07, 6.45) is 0. The molecule has 0 N–H and O–H groups in total. The van der Waals surface area contributed by atoms with Gasteiger partial charge in [0.1, 0.15) is 17.0 Å². The minimum Gasteiger partial charge on any atom is -0.456 e. The lowest BCUT2D eigenvalue weighted by Crippen LogP contribution is -2.17. The van der Waals surface area contributed by atoms with Crippen LogP contribution in [0.4, 0.5) is 51.3 Å². The Labute approximate surface area is 788 Å². The first-order valence-electron chi connectivity index (χ1n) is 45.3. The van der Waals surface area contributed by atoms with Gasteiger partial charge in [-0.1, -0.05) is 303 Å². The van der Waals surface area contributed by atoms with Crippen LogP contribution in [0.2, 0.25) is 0 Å². The SMILES string of the molecule is c1ccc(-c2cc(-c3ccc(N4c5ccccc5Oc5ccccc54)cc3)nc3c2ccc2sc4ccc5ccccc5c4c23)cc1.c1ccc(-c2cc(-c3ccc(N4c5ccccc5Sc5ccccc54)cc3)nc3c2ccc2oc4ccc5ccccc5c4c23)cc1.c1ccc(-c2nc(N3c4ccccc4Oc4ccccc43)cc3c2ccc2sc4ccc5ccccc5c4c23)cc1. The summed E-state index contributed by atoms with van der Waals surface area (Å²) in [6.45, 7) is 0. The molecule has 29 rings (SSSR count). The zero-order valence-corrected chi connectivity index (χ0v) is 74.8. The molecule has 0 aliphatic carbocycles. The van der Waals surface area contributed by atoms with Crippen molar-refractivity contribution in [3.05, 3.63) is 449 Å². The van der Waals surface area contributed by atoms with E-state index in [4.69, 9.17) is 28.8 Å². The van der Waals surface area contributed by atoms with Crippen molar-refractivity contribution < 1.29 is 13.9 Å². The Bertz CT molecular complexity index is 8820. The Morgan fingerprint density at radius 2 is 0.578 bits per heavy atom. The van der Waals surface area contributed by atoms with Gasteiger partial charge in [0.15, 0.2) is 23.0 Å². The number of hydrogen-bond acceptors (Lipinski definition) is 12. The molecule has 3 aliphatic rings. The molecule has 0 radical (unpaired) electrons. The minimum atomic E-state index is 0.819. The van der Waals surface area contributed by atoms with Gasteiger partial charge in [-0.15, -0.1) is 22.7 Å². The number of para-hydroxylation sites is 10. The number of rotatable bonds is 8. The summed E-state index contributed by atoms with van der Waals surface area (Å²) in [5.74, 6) is 4.20. The molecule has 20 aromatic carbocycles. The molecule has 9 heterocycles. The van der Waals surface area contributed by atoms with E-state index in [1.165, 1.54) is 116 Å². The number of fused-ring (bicyclic) bond motifs is 27. The zero-order valence-electron chi connectivity index (χ0n) is 72.4. The molecule has 3 aliphatic heterocycles. The van der Waals surface area contributed by atoms with Gasteiger partial charge in [-0.05, 0) is 218 Å². The fourth-order valence-electron chi connectivity index (χ4n) is 20.4. The molecule has 26 aromatic rings. The van der Waals surface area contributed by atoms with E-state index in [9.17, 15) is 0 Å². The molecule has 0 bridgehead atoms. The van der Waals surface area contributed by atoms with E-state index in [0.29, 0.717) is 0 Å². The highest BCUT2D eigenvalue weighted by Crippen LogP contribution is 2.57. The van der Waals surface area contributed by atoms with Crippen molar-refractivity contribution in [2.24, 2.45) is 0 Å². The van der Waals surface area contributed by atoms with Gasteiger partial charge in [-0.2, -0.15) is 0 Å². The molecule has 0 spiro atoms. The maximum Gasteiger partial charge on any atom is 0.151 e. The number of pyridine rings is 3. The van der Waals surface area contributed by atoms with Crippen molar-refractivity contribution in [3.8, 4) is 79.0 Å². The third-order valence-corrected chi connectivity index (χ3v) is 29.9. The van der Waals surface area contributed by atoms with Gasteiger partial charge >= 0.3 is 0 Å². The van der Waals surface area contributed by atoms with E-state index in [1.54, 1.807) is 0 Å². The van der Waals surface area contributed by atoms with Crippen LogP contribution in [-0.4, -0.2) is 15.0 Å². The fraction of sp³-hybridized carbons (Fsp3) is 0. The van der Waals surface area contributed by atoms with E-state index in [-0.39, 0.29) is 0 Å². The van der Waals surface area contributed by atoms with Crippen LogP contribution in [0, 0.1) is 0 Å². The van der Waals surface area contributed by atoms with Gasteiger partial charge in [0, 0.05) is 99.7 Å². The molecular formula is C123H74N6O3S3. The molecule has 9 nitrogen and oxygen atoms in total. The summed E-state index contributed by atoms with van der Waals surface area (Å²) in [5, 5.41) is 19.3. The number of furan rings is 1. The monoisotopic (exact) mass is 1780 g/mol. The Balaban J connectivity index is 0.000000103. The second-order valence-electron chi connectivity index (χ2n) is 34.2. The number of nitrogens with zero attached hydrogens (tertiary/aromatic N) is 6. The maximum atomic E-state index is 6.45. The summed E-state index contributed by atoms with van der Waals surface area (Å²) in [6, 6.07) is 159. The zero-order chi connectivity index (χ0) is 88.7. The molecule has 12 heteroatoms. The molecule has 0 atom stereocenters. The standard InChI is InChI=1S/2C43H26N2OS.C37H22N2OS/c1-2-10-27(11-3-1)33-26-34(44-43-32(33)23-25-38-42(43)41-31-13-5-4-12-28(31)20-24-37(41)46-38)29-18-21-30(22-19-29)45-35-14-6-8-16-39(35)47-40-17-9-7-15-36(40)45;1-2-10-27(11-3-1)33-26-34(44-43-32(33)23-25-40-42(43)41-31-13-5-4-12-28(31)20-24-39(41)47-40)29-18-21-30(22-19-29)45-35-14-6-8-16-37(35)46-38-17-9-7-15-36(38)45;1-2-11-24(12-3-1)37-26-19-21-33-36(35-25-13-5-4-10-23(25)18-20-32(35)41-33)27(26)22-34(38-37)39-28-14-6-8-16-30(28)40-31-17-9-7-15-29(31)39/h2*1-26H;1-22H. The minimum absolute atomic E-state index is 0.819. The number of hydrogen-bond donors (Lipinski definition) is 0. The van der Waals surface area contributed by atoms with Crippen LogP contribution < -0.4 is 24.2 Å². The van der Waals surface area contributed by atoms with Crippen molar-refractivity contribution in [1.29, 1.82) is 0 Å². The Hall–Kier alpha value is -17.0. The lowest BCUT2D eigenvalue weighted by atomic mass is 9.95. The second kappa shape index (κ2) is 31.9. The molecule has 0 fully saturated rings.